The zero-order chi connectivity index (χ0) is 19.7. The highest BCUT2D eigenvalue weighted by Crippen LogP contribution is 2.31. The van der Waals surface area contributed by atoms with E-state index in [4.69, 9.17) is 9.47 Å². The summed E-state index contributed by atoms with van der Waals surface area (Å²) in [5.74, 6) is 1.45. The first kappa shape index (κ1) is 18.4. The van der Waals surface area contributed by atoms with E-state index in [1.807, 2.05) is 30.1 Å². The van der Waals surface area contributed by atoms with Crippen molar-refractivity contribution in [3.05, 3.63) is 59.3 Å². The van der Waals surface area contributed by atoms with Crippen LogP contribution in [0.25, 0.3) is 10.9 Å². The van der Waals surface area contributed by atoms with Gasteiger partial charge in [-0.2, -0.15) is 0 Å². The number of carbonyl (C=O) groups excluding carboxylic acids is 1. The Morgan fingerprint density at radius 3 is 2.71 bits per heavy atom. The van der Waals surface area contributed by atoms with Crippen molar-refractivity contribution < 1.29 is 14.3 Å². The number of rotatable bonds is 5. The molecule has 4 rings (SSSR count). The fourth-order valence-corrected chi connectivity index (χ4v) is 4.18. The number of hydrogen-bond donors (Lipinski definition) is 1. The minimum atomic E-state index is 0.125. The van der Waals surface area contributed by atoms with Gasteiger partial charge in [0, 0.05) is 29.7 Å². The van der Waals surface area contributed by atoms with Crippen LogP contribution in [0.2, 0.25) is 0 Å². The van der Waals surface area contributed by atoms with Crippen molar-refractivity contribution in [1.29, 1.82) is 0 Å². The number of aromatic amines is 1. The SMILES string of the molecule is COc1ccc(CC(=O)N(C)C2CCc3[nH]c4ccccc4c3C2)cc1OC. The van der Waals surface area contributed by atoms with Crippen molar-refractivity contribution in [2.24, 2.45) is 0 Å². The molecule has 146 valence electrons. The number of amides is 1. The van der Waals surface area contributed by atoms with Crippen molar-refractivity contribution in [2.75, 3.05) is 21.3 Å². The number of hydrogen-bond acceptors (Lipinski definition) is 3. The summed E-state index contributed by atoms with van der Waals surface area (Å²) in [7, 11) is 5.14. The van der Waals surface area contributed by atoms with Gasteiger partial charge in [-0.1, -0.05) is 24.3 Å². The summed E-state index contributed by atoms with van der Waals surface area (Å²) in [5.41, 5.74) is 4.79. The van der Waals surface area contributed by atoms with Crippen molar-refractivity contribution in [1.82, 2.24) is 9.88 Å². The van der Waals surface area contributed by atoms with Gasteiger partial charge in [0.2, 0.25) is 5.91 Å². The quantitative estimate of drug-likeness (QED) is 0.736. The maximum absolute atomic E-state index is 12.9. The van der Waals surface area contributed by atoms with Crippen LogP contribution in [0, 0.1) is 0 Å². The van der Waals surface area contributed by atoms with Gasteiger partial charge >= 0.3 is 0 Å². The minimum Gasteiger partial charge on any atom is -0.493 e. The summed E-state index contributed by atoms with van der Waals surface area (Å²) < 4.78 is 10.6. The Labute approximate surface area is 165 Å². The van der Waals surface area contributed by atoms with Gasteiger partial charge in [-0.3, -0.25) is 4.79 Å². The molecule has 0 saturated carbocycles. The molecule has 28 heavy (non-hydrogen) atoms. The van der Waals surface area contributed by atoms with Gasteiger partial charge < -0.3 is 19.4 Å². The molecule has 0 saturated heterocycles. The number of likely N-dealkylation sites (N-methyl/N-ethyl adjacent to an activating group) is 1. The molecule has 1 aromatic heterocycles. The summed E-state index contributed by atoms with van der Waals surface area (Å²) in [6, 6.07) is 14.3. The molecule has 1 amide bonds. The lowest BCUT2D eigenvalue weighted by Gasteiger charge is -2.31. The maximum atomic E-state index is 12.9. The lowest BCUT2D eigenvalue weighted by Crippen LogP contribution is -2.41. The van der Waals surface area contributed by atoms with Crippen molar-refractivity contribution in [2.45, 2.75) is 31.7 Å². The number of nitrogens with zero attached hydrogens (tertiary/aromatic N) is 1. The first-order valence-corrected chi connectivity index (χ1v) is 9.65. The topological polar surface area (TPSA) is 54.6 Å². The summed E-state index contributed by atoms with van der Waals surface area (Å²) >= 11 is 0. The Morgan fingerprint density at radius 2 is 1.93 bits per heavy atom. The molecule has 1 aliphatic carbocycles. The van der Waals surface area contributed by atoms with Crippen LogP contribution in [0.15, 0.2) is 42.5 Å². The number of benzene rings is 2. The summed E-state index contributed by atoms with van der Waals surface area (Å²) in [5, 5.41) is 1.28. The standard InChI is InChI=1S/C23H26N2O3/c1-25(23(26)13-15-8-11-21(27-2)22(12-15)28-3)16-9-10-20-18(14-16)17-6-4-5-7-19(17)24-20/h4-8,11-12,16,24H,9-10,13-14H2,1-3H3. The third-order valence-corrected chi connectivity index (χ3v) is 5.81. The predicted octanol–water partition coefficient (Wildman–Crippen LogP) is 3.74. The molecule has 0 spiro atoms. The van der Waals surface area contributed by atoms with Gasteiger partial charge in [0.05, 0.1) is 20.6 Å². The zero-order valence-corrected chi connectivity index (χ0v) is 16.6. The Bertz CT molecular complexity index is 1010. The highest BCUT2D eigenvalue weighted by atomic mass is 16.5. The number of fused-ring (bicyclic) bond motifs is 3. The fraction of sp³-hybridized carbons (Fsp3) is 0.348. The number of para-hydroxylation sites is 1. The summed E-state index contributed by atoms with van der Waals surface area (Å²) in [6.07, 6.45) is 3.21. The number of carbonyl (C=O) groups is 1. The van der Waals surface area contributed by atoms with Gasteiger partial charge in [-0.25, -0.2) is 0 Å². The van der Waals surface area contributed by atoms with E-state index in [-0.39, 0.29) is 11.9 Å². The number of aromatic nitrogens is 1. The highest BCUT2D eigenvalue weighted by molar-refractivity contribution is 5.85. The van der Waals surface area contributed by atoms with E-state index in [0.29, 0.717) is 17.9 Å². The summed E-state index contributed by atoms with van der Waals surface area (Å²) in [6.45, 7) is 0. The van der Waals surface area contributed by atoms with Crippen LogP contribution < -0.4 is 9.47 Å². The second kappa shape index (κ2) is 7.58. The molecule has 0 aliphatic heterocycles. The van der Waals surface area contributed by atoms with Crippen LogP contribution in [0.4, 0.5) is 0 Å². The van der Waals surface area contributed by atoms with Crippen LogP contribution in [0.5, 0.6) is 11.5 Å². The highest BCUT2D eigenvalue weighted by Gasteiger charge is 2.27. The molecule has 0 bridgehead atoms. The fourth-order valence-electron chi connectivity index (χ4n) is 4.18. The minimum absolute atomic E-state index is 0.125. The molecule has 5 nitrogen and oxygen atoms in total. The number of aryl methyl sites for hydroxylation is 1. The molecule has 0 fully saturated rings. The third-order valence-electron chi connectivity index (χ3n) is 5.81. The van der Waals surface area contributed by atoms with E-state index in [0.717, 1.165) is 24.8 Å². The van der Waals surface area contributed by atoms with Gasteiger partial charge in [-0.05, 0) is 48.6 Å². The van der Waals surface area contributed by atoms with Crippen molar-refractivity contribution in [3.63, 3.8) is 0 Å². The smallest absolute Gasteiger partial charge is 0.226 e. The van der Waals surface area contributed by atoms with Gasteiger partial charge in [0.25, 0.3) is 0 Å². The lowest BCUT2D eigenvalue weighted by molar-refractivity contribution is -0.131. The van der Waals surface area contributed by atoms with E-state index in [1.165, 1.54) is 22.2 Å². The molecule has 1 unspecified atom stereocenters. The molecule has 5 heteroatoms. The van der Waals surface area contributed by atoms with Crippen LogP contribution in [0.3, 0.4) is 0 Å². The Morgan fingerprint density at radius 1 is 1.14 bits per heavy atom. The average molecular weight is 378 g/mol. The average Bonchev–Trinajstić information content (AvgIpc) is 3.10. The maximum Gasteiger partial charge on any atom is 0.226 e. The predicted molar refractivity (Wildman–Crippen MR) is 110 cm³/mol. The van der Waals surface area contributed by atoms with Crippen LogP contribution in [-0.2, 0) is 24.1 Å². The summed E-state index contributed by atoms with van der Waals surface area (Å²) in [4.78, 5) is 18.4. The number of nitrogens with one attached hydrogen (secondary N) is 1. The number of ether oxygens (including phenoxy) is 2. The first-order chi connectivity index (χ1) is 13.6. The molecule has 0 radical (unpaired) electrons. The molecule has 1 atom stereocenters. The third kappa shape index (κ3) is 3.33. The second-order valence-electron chi connectivity index (χ2n) is 7.40. The van der Waals surface area contributed by atoms with Crippen molar-refractivity contribution in [3.8, 4) is 11.5 Å². The first-order valence-electron chi connectivity index (χ1n) is 9.65. The zero-order valence-electron chi connectivity index (χ0n) is 16.6. The van der Waals surface area contributed by atoms with E-state index in [9.17, 15) is 4.79 Å². The Kier molecular flexibility index (Phi) is 4.99. The van der Waals surface area contributed by atoms with E-state index < -0.39 is 0 Å². The largest absolute Gasteiger partial charge is 0.493 e. The normalized spacial score (nSPS) is 15.9. The molecule has 1 N–H and O–H groups in total. The Balaban J connectivity index is 1.49. The van der Waals surface area contributed by atoms with Gasteiger partial charge in [-0.15, -0.1) is 0 Å². The van der Waals surface area contributed by atoms with Crippen LogP contribution in [0.1, 0.15) is 23.2 Å². The molecule has 3 aromatic rings. The van der Waals surface area contributed by atoms with Crippen molar-refractivity contribution >= 4 is 16.8 Å². The van der Waals surface area contributed by atoms with Gasteiger partial charge in [0.1, 0.15) is 0 Å². The second-order valence-corrected chi connectivity index (χ2v) is 7.40. The molecule has 1 heterocycles. The lowest BCUT2D eigenvalue weighted by atomic mass is 9.90. The number of H-pyrrole nitrogens is 1. The Hall–Kier alpha value is -2.95. The van der Waals surface area contributed by atoms with Crippen LogP contribution in [-0.4, -0.2) is 43.1 Å². The van der Waals surface area contributed by atoms with Gasteiger partial charge in [0.15, 0.2) is 11.5 Å². The van der Waals surface area contributed by atoms with E-state index in [1.54, 1.807) is 14.2 Å². The van der Waals surface area contributed by atoms with E-state index in [2.05, 4.69) is 29.2 Å². The van der Waals surface area contributed by atoms with Crippen LogP contribution >= 0.6 is 0 Å². The number of methoxy groups -OCH3 is 2. The van der Waals surface area contributed by atoms with E-state index >= 15 is 0 Å². The monoisotopic (exact) mass is 378 g/mol. The molecule has 2 aromatic carbocycles. The molecular formula is C23H26N2O3. The molecular weight excluding hydrogens is 352 g/mol. The molecule has 1 aliphatic rings.